The minimum absolute atomic E-state index is 0.0364. The van der Waals surface area contributed by atoms with Gasteiger partial charge in [-0.15, -0.1) is 4.91 Å². The number of nitrogens with zero attached hydrogens (tertiary/aromatic N) is 1. The molecule has 3 N–H and O–H groups in total. The Balaban J connectivity index is 2.12. The summed E-state index contributed by atoms with van der Waals surface area (Å²) < 4.78 is 0.881. The molecule has 0 aliphatic heterocycles. The van der Waals surface area contributed by atoms with Gasteiger partial charge in [0.25, 0.3) is 0 Å². The Labute approximate surface area is 143 Å². The predicted octanol–water partition coefficient (Wildman–Crippen LogP) is 5.84. The van der Waals surface area contributed by atoms with E-state index in [1.54, 1.807) is 18.2 Å². The topological polar surface area (TPSA) is 81.2 Å². The van der Waals surface area contributed by atoms with Gasteiger partial charge < -0.3 is 15.1 Å². The van der Waals surface area contributed by atoms with Crippen LogP contribution in [0, 0.1) is 4.91 Å². The van der Waals surface area contributed by atoms with Crippen molar-refractivity contribution in [2.45, 2.75) is 0 Å². The lowest BCUT2D eigenvalue weighted by atomic mass is 10.1. The van der Waals surface area contributed by atoms with Crippen LogP contribution in [0.5, 0.6) is 5.88 Å². The molecule has 0 atom stereocenters. The Bertz CT molecular complexity index is 1080. The molecule has 2 heterocycles. The maximum Gasteiger partial charge on any atom is 0.199 e. The fourth-order valence-electron chi connectivity index (χ4n) is 2.85. The fraction of sp³-hybridized carbons (Fsp3) is 0. The maximum atomic E-state index is 11.4. The van der Waals surface area contributed by atoms with Gasteiger partial charge >= 0.3 is 0 Å². The van der Waals surface area contributed by atoms with Gasteiger partial charge in [0.05, 0.1) is 27.3 Å². The van der Waals surface area contributed by atoms with Crippen LogP contribution in [0.1, 0.15) is 0 Å². The first-order valence-corrected chi connectivity index (χ1v) is 7.91. The minimum Gasteiger partial charge on any atom is -0.494 e. The molecule has 5 nitrogen and oxygen atoms in total. The van der Waals surface area contributed by atoms with Crippen LogP contribution in [0.3, 0.4) is 0 Å². The van der Waals surface area contributed by atoms with Crippen molar-refractivity contribution >= 4 is 55.0 Å². The number of aromatic hydroxyl groups is 1. The van der Waals surface area contributed by atoms with Crippen molar-refractivity contribution in [1.82, 2.24) is 9.97 Å². The van der Waals surface area contributed by atoms with Crippen LogP contribution >= 0.6 is 27.5 Å². The number of fused-ring (bicyclic) bond motifs is 2. The number of nitroso groups, excluding NO2 is 1. The standard InChI is InChI=1S/C16H9BrClN3O2/c17-7-4-5-8-11(6-7)19-16(22)12(8)15-14(21-23)9-2-1-3-10(18)13(9)20-15/h1-6,19-20,22H. The van der Waals surface area contributed by atoms with Gasteiger partial charge in [0.15, 0.2) is 5.88 Å². The molecule has 23 heavy (non-hydrogen) atoms. The Morgan fingerprint density at radius 2 is 1.96 bits per heavy atom. The number of aromatic amines is 2. The Morgan fingerprint density at radius 1 is 1.13 bits per heavy atom. The van der Waals surface area contributed by atoms with E-state index in [-0.39, 0.29) is 11.6 Å². The molecule has 114 valence electrons. The normalized spacial score (nSPS) is 11.4. The maximum absolute atomic E-state index is 11.4. The van der Waals surface area contributed by atoms with E-state index in [1.807, 2.05) is 18.2 Å². The van der Waals surface area contributed by atoms with Gasteiger partial charge in [0.1, 0.15) is 5.69 Å². The Morgan fingerprint density at radius 3 is 2.74 bits per heavy atom. The molecule has 4 aromatic rings. The molecule has 0 amide bonds. The first kappa shape index (κ1) is 14.3. The molecular formula is C16H9BrClN3O2. The summed E-state index contributed by atoms with van der Waals surface area (Å²) in [5, 5.41) is 15.4. The van der Waals surface area contributed by atoms with Crippen molar-refractivity contribution < 1.29 is 5.11 Å². The summed E-state index contributed by atoms with van der Waals surface area (Å²) in [6, 6.07) is 10.8. The van der Waals surface area contributed by atoms with Crippen LogP contribution in [-0.4, -0.2) is 15.1 Å². The molecule has 0 aliphatic carbocycles. The second-order valence-electron chi connectivity index (χ2n) is 5.14. The van der Waals surface area contributed by atoms with E-state index in [1.165, 1.54) is 0 Å². The summed E-state index contributed by atoms with van der Waals surface area (Å²) in [7, 11) is 0. The van der Waals surface area contributed by atoms with Gasteiger partial charge in [-0.3, -0.25) is 0 Å². The van der Waals surface area contributed by atoms with Crippen molar-refractivity contribution in [3.63, 3.8) is 0 Å². The first-order chi connectivity index (χ1) is 11.1. The average Bonchev–Trinajstić information content (AvgIpc) is 3.03. The van der Waals surface area contributed by atoms with E-state index in [4.69, 9.17) is 11.6 Å². The van der Waals surface area contributed by atoms with Crippen LogP contribution in [0.2, 0.25) is 5.02 Å². The van der Waals surface area contributed by atoms with Crippen molar-refractivity contribution in [3.05, 3.63) is 50.8 Å². The number of rotatable bonds is 2. The average molecular weight is 391 g/mol. The zero-order valence-corrected chi connectivity index (χ0v) is 13.9. The SMILES string of the molecule is O=Nc1c(-c2c(O)[nH]c3cc(Br)ccc23)[nH]c2c(Cl)cccc12. The summed E-state index contributed by atoms with van der Waals surface area (Å²) in [5.41, 5.74) is 2.52. The van der Waals surface area contributed by atoms with Crippen LogP contribution in [0.15, 0.2) is 46.0 Å². The second-order valence-corrected chi connectivity index (χ2v) is 6.46. The number of aromatic nitrogens is 2. The highest BCUT2D eigenvalue weighted by molar-refractivity contribution is 9.10. The van der Waals surface area contributed by atoms with Gasteiger partial charge in [-0.1, -0.05) is 45.7 Å². The molecule has 2 aromatic heterocycles. The largest absolute Gasteiger partial charge is 0.494 e. The van der Waals surface area contributed by atoms with E-state index in [9.17, 15) is 10.0 Å². The van der Waals surface area contributed by atoms with E-state index in [0.717, 1.165) is 15.4 Å². The van der Waals surface area contributed by atoms with Crippen molar-refractivity contribution in [3.8, 4) is 17.1 Å². The monoisotopic (exact) mass is 389 g/mol. The van der Waals surface area contributed by atoms with Gasteiger partial charge in [0, 0.05) is 15.2 Å². The number of nitrogens with one attached hydrogen (secondary N) is 2. The molecule has 2 aromatic carbocycles. The third-order valence-electron chi connectivity index (χ3n) is 3.84. The molecule has 0 saturated carbocycles. The molecule has 0 aliphatic rings. The highest BCUT2D eigenvalue weighted by Gasteiger charge is 2.22. The number of hydrogen-bond donors (Lipinski definition) is 3. The molecule has 0 radical (unpaired) electrons. The molecule has 4 rings (SSSR count). The predicted molar refractivity (Wildman–Crippen MR) is 95.4 cm³/mol. The van der Waals surface area contributed by atoms with E-state index in [0.29, 0.717) is 27.2 Å². The van der Waals surface area contributed by atoms with Gasteiger partial charge in [-0.2, -0.15) is 0 Å². The molecular weight excluding hydrogens is 382 g/mol. The summed E-state index contributed by atoms with van der Waals surface area (Å²) >= 11 is 9.58. The molecule has 0 fully saturated rings. The van der Waals surface area contributed by atoms with Gasteiger partial charge in [-0.25, -0.2) is 0 Å². The second kappa shape index (κ2) is 5.11. The lowest BCUT2D eigenvalue weighted by molar-refractivity contribution is 0.460. The van der Waals surface area contributed by atoms with Crippen LogP contribution in [0.25, 0.3) is 33.1 Å². The number of benzene rings is 2. The van der Waals surface area contributed by atoms with Crippen LogP contribution in [0.4, 0.5) is 5.69 Å². The summed E-state index contributed by atoms with van der Waals surface area (Å²) in [4.78, 5) is 17.4. The number of hydrogen-bond acceptors (Lipinski definition) is 3. The Hall–Kier alpha value is -2.31. The van der Waals surface area contributed by atoms with Gasteiger partial charge in [0.2, 0.25) is 0 Å². The molecule has 0 bridgehead atoms. The smallest absolute Gasteiger partial charge is 0.199 e. The lowest BCUT2D eigenvalue weighted by Gasteiger charge is -1.99. The highest BCUT2D eigenvalue weighted by atomic mass is 79.9. The van der Waals surface area contributed by atoms with Crippen molar-refractivity contribution in [2.24, 2.45) is 5.18 Å². The van der Waals surface area contributed by atoms with Crippen LogP contribution in [-0.2, 0) is 0 Å². The minimum atomic E-state index is -0.0364. The number of para-hydroxylation sites is 1. The number of halogens is 2. The quantitative estimate of drug-likeness (QED) is 0.376. The number of H-pyrrole nitrogens is 2. The fourth-order valence-corrected chi connectivity index (χ4v) is 3.43. The Kier molecular flexibility index (Phi) is 3.18. The van der Waals surface area contributed by atoms with E-state index < -0.39 is 0 Å². The summed E-state index contributed by atoms with van der Waals surface area (Å²) in [6.07, 6.45) is 0. The first-order valence-electron chi connectivity index (χ1n) is 6.74. The zero-order valence-electron chi connectivity index (χ0n) is 11.5. The molecule has 0 spiro atoms. The lowest BCUT2D eigenvalue weighted by Crippen LogP contribution is -1.77. The van der Waals surface area contributed by atoms with Gasteiger partial charge in [-0.05, 0) is 23.4 Å². The van der Waals surface area contributed by atoms with E-state index in [2.05, 4.69) is 31.1 Å². The summed E-state index contributed by atoms with van der Waals surface area (Å²) in [6.45, 7) is 0. The van der Waals surface area contributed by atoms with E-state index >= 15 is 0 Å². The zero-order chi connectivity index (χ0) is 16.1. The molecule has 7 heteroatoms. The van der Waals surface area contributed by atoms with Crippen molar-refractivity contribution in [1.29, 1.82) is 0 Å². The highest BCUT2D eigenvalue weighted by Crippen LogP contribution is 2.45. The molecule has 0 unspecified atom stereocenters. The van der Waals surface area contributed by atoms with Crippen molar-refractivity contribution in [2.75, 3.05) is 0 Å². The third-order valence-corrected chi connectivity index (χ3v) is 4.65. The third kappa shape index (κ3) is 2.06. The van der Waals surface area contributed by atoms with Crippen LogP contribution < -0.4 is 0 Å². The summed E-state index contributed by atoms with van der Waals surface area (Å²) in [5.74, 6) is -0.0364. The molecule has 0 saturated heterocycles.